The quantitative estimate of drug-likeness (QED) is 0.784. The first-order chi connectivity index (χ1) is 9.03. The molecule has 0 bridgehead atoms. The normalized spacial score (nSPS) is 11.5. The third-order valence-electron chi connectivity index (χ3n) is 2.62. The fraction of sp³-hybridized carbons (Fsp3) is 0.333. The average Bonchev–Trinajstić information content (AvgIpc) is 2.78. The van der Waals surface area contributed by atoms with E-state index in [4.69, 9.17) is 11.6 Å². The standard InChI is InChI=1S/C12H15ClN2O2S2.ClH/c1-14-5-2-6-15-19(16,17)12-8-9-7-10(13)3-4-11(9)18-12;/h3-4,7-8,14-15H,2,5-6H2,1H3;1H. The molecule has 0 unspecified atom stereocenters. The molecule has 2 aromatic rings. The summed E-state index contributed by atoms with van der Waals surface area (Å²) in [6.07, 6.45) is 0.756. The Bertz CT molecular complexity index is 671. The molecule has 0 radical (unpaired) electrons. The molecule has 2 rings (SSSR count). The Morgan fingerprint density at radius 1 is 1.25 bits per heavy atom. The van der Waals surface area contributed by atoms with E-state index >= 15 is 0 Å². The van der Waals surface area contributed by atoms with Gasteiger partial charge < -0.3 is 5.32 Å². The van der Waals surface area contributed by atoms with E-state index < -0.39 is 10.0 Å². The van der Waals surface area contributed by atoms with Crippen LogP contribution in [0.4, 0.5) is 0 Å². The number of fused-ring (bicyclic) bond motifs is 1. The second kappa shape index (κ2) is 7.59. The fourth-order valence-corrected chi connectivity index (χ4v) is 4.34. The maximum Gasteiger partial charge on any atom is 0.250 e. The minimum Gasteiger partial charge on any atom is -0.320 e. The van der Waals surface area contributed by atoms with Crippen molar-refractivity contribution in [1.29, 1.82) is 0 Å². The van der Waals surface area contributed by atoms with Gasteiger partial charge in [-0.05, 0) is 49.7 Å². The van der Waals surface area contributed by atoms with Gasteiger partial charge in [0.25, 0.3) is 0 Å². The number of thiophene rings is 1. The summed E-state index contributed by atoms with van der Waals surface area (Å²) in [5, 5.41) is 4.44. The molecule has 0 aliphatic heterocycles. The molecule has 4 nitrogen and oxygen atoms in total. The maximum absolute atomic E-state index is 12.1. The summed E-state index contributed by atoms with van der Waals surface area (Å²) in [5.74, 6) is 0. The number of sulfonamides is 1. The Labute approximate surface area is 134 Å². The summed E-state index contributed by atoms with van der Waals surface area (Å²) in [5.41, 5.74) is 0. The first kappa shape index (κ1) is 17.7. The lowest BCUT2D eigenvalue weighted by Crippen LogP contribution is -2.26. The van der Waals surface area contributed by atoms with Crippen LogP contribution in [0, 0.1) is 0 Å². The van der Waals surface area contributed by atoms with Gasteiger partial charge in [0.05, 0.1) is 0 Å². The van der Waals surface area contributed by atoms with Crippen LogP contribution >= 0.6 is 35.3 Å². The second-order valence-corrected chi connectivity index (χ2v) is 7.62. The molecule has 0 amide bonds. The van der Waals surface area contributed by atoms with Crippen LogP contribution in [0.5, 0.6) is 0 Å². The van der Waals surface area contributed by atoms with E-state index in [-0.39, 0.29) is 12.4 Å². The monoisotopic (exact) mass is 354 g/mol. The summed E-state index contributed by atoms with van der Waals surface area (Å²) >= 11 is 7.15. The topological polar surface area (TPSA) is 58.2 Å². The summed E-state index contributed by atoms with van der Waals surface area (Å²) in [4.78, 5) is 0. The van der Waals surface area contributed by atoms with E-state index in [1.165, 1.54) is 11.3 Å². The van der Waals surface area contributed by atoms with Gasteiger partial charge in [-0.3, -0.25) is 0 Å². The summed E-state index contributed by atoms with van der Waals surface area (Å²) in [6.45, 7) is 1.21. The van der Waals surface area contributed by atoms with E-state index in [2.05, 4.69) is 10.0 Å². The third-order valence-corrected chi connectivity index (χ3v) is 5.90. The van der Waals surface area contributed by atoms with Crippen molar-refractivity contribution in [3.05, 3.63) is 29.3 Å². The number of halogens is 2. The van der Waals surface area contributed by atoms with Gasteiger partial charge in [0.2, 0.25) is 10.0 Å². The van der Waals surface area contributed by atoms with E-state index in [0.29, 0.717) is 15.8 Å². The van der Waals surface area contributed by atoms with Crippen molar-refractivity contribution in [3.8, 4) is 0 Å². The molecule has 0 aliphatic rings. The van der Waals surface area contributed by atoms with Gasteiger partial charge in [-0.25, -0.2) is 13.1 Å². The van der Waals surface area contributed by atoms with Gasteiger partial charge in [0.1, 0.15) is 4.21 Å². The van der Waals surface area contributed by atoms with Crippen LogP contribution in [-0.4, -0.2) is 28.6 Å². The zero-order valence-corrected chi connectivity index (χ0v) is 14.1. The zero-order valence-electron chi connectivity index (χ0n) is 10.8. The van der Waals surface area contributed by atoms with Crippen LogP contribution in [0.2, 0.25) is 5.02 Å². The fourth-order valence-electron chi connectivity index (χ4n) is 1.67. The van der Waals surface area contributed by atoms with Crippen molar-refractivity contribution in [2.45, 2.75) is 10.6 Å². The molecule has 0 aliphatic carbocycles. The van der Waals surface area contributed by atoms with Gasteiger partial charge >= 0.3 is 0 Å². The lowest BCUT2D eigenvalue weighted by molar-refractivity contribution is 0.579. The smallest absolute Gasteiger partial charge is 0.250 e. The minimum absolute atomic E-state index is 0. The van der Waals surface area contributed by atoms with E-state index in [0.717, 1.165) is 23.1 Å². The lowest BCUT2D eigenvalue weighted by Gasteiger charge is -2.03. The Balaban J connectivity index is 0.00000200. The van der Waals surface area contributed by atoms with Crippen LogP contribution in [0.3, 0.4) is 0 Å². The van der Waals surface area contributed by atoms with Crippen molar-refractivity contribution in [2.24, 2.45) is 0 Å². The third kappa shape index (κ3) is 4.31. The Morgan fingerprint density at radius 2 is 2.00 bits per heavy atom. The van der Waals surface area contributed by atoms with Crippen LogP contribution in [0.1, 0.15) is 6.42 Å². The second-order valence-electron chi connectivity index (χ2n) is 4.10. The molecule has 20 heavy (non-hydrogen) atoms. The van der Waals surface area contributed by atoms with Crippen LogP contribution in [-0.2, 0) is 10.0 Å². The highest BCUT2D eigenvalue weighted by molar-refractivity contribution is 7.91. The summed E-state index contributed by atoms with van der Waals surface area (Å²) < 4.78 is 28.0. The highest BCUT2D eigenvalue weighted by Gasteiger charge is 2.16. The van der Waals surface area contributed by atoms with E-state index in [9.17, 15) is 8.42 Å². The Kier molecular flexibility index (Phi) is 6.71. The van der Waals surface area contributed by atoms with Crippen LogP contribution < -0.4 is 10.0 Å². The van der Waals surface area contributed by atoms with Crippen molar-refractivity contribution in [3.63, 3.8) is 0 Å². The molecule has 0 spiro atoms. The number of benzene rings is 1. The molecule has 0 atom stereocenters. The van der Waals surface area contributed by atoms with Crippen LogP contribution in [0.25, 0.3) is 10.1 Å². The summed E-state index contributed by atoms with van der Waals surface area (Å²) in [6, 6.07) is 7.03. The van der Waals surface area contributed by atoms with Gasteiger partial charge in [-0.1, -0.05) is 11.6 Å². The number of hydrogen-bond donors (Lipinski definition) is 2. The molecule has 8 heteroatoms. The molecule has 1 heterocycles. The van der Waals surface area contributed by atoms with Crippen LogP contribution in [0.15, 0.2) is 28.5 Å². The highest BCUT2D eigenvalue weighted by Crippen LogP contribution is 2.30. The average molecular weight is 355 g/mol. The van der Waals surface area contributed by atoms with Gasteiger partial charge in [0.15, 0.2) is 0 Å². The zero-order chi connectivity index (χ0) is 13.9. The Morgan fingerprint density at radius 3 is 2.70 bits per heavy atom. The first-order valence-corrected chi connectivity index (χ1v) is 8.54. The molecule has 1 aromatic carbocycles. The molecule has 0 fully saturated rings. The molecular formula is C12H16Cl2N2O2S2. The van der Waals surface area contributed by atoms with Crippen molar-refractivity contribution < 1.29 is 8.42 Å². The number of nitrogens with one attached hydrogen (secondary N) is 2. The van der Waals surface area contributed by atoms with Crippen molar-refractivity contribution in [1.82, 2.24) is 10.0 Å². The number of rotatable bonds is 6. The molecular weight excluding hydrogens is 339 g/mol. The molecule has 1 aromatic heterocycles. The predicted molar refractivity (Wildman–Crippen MR) is 87.8 cm³/mol. The van der Waals surface area contributed by atoms with Gasteiger partial charge in [0, 0.05) is 16.3 Å². The maximum atomic E-state index is 12.1. The predicted octanol–water partition coefficient (Wildman–Crippen LogP) is 2.86. The number of hydrogen-bond acceptors (Lipinski definition) is 4. The molecule has 2 N–H and O–H groups in total. The SMILES string of the molecule is CNCCCNS(=O)(=O)c1cc2cc(Cl)ccc2s1.Cl. The molecule has 0 saturated carbocycles. The molecule has 0 saturated heterocycles. The lowest BCUT2D eigenvalue weighted by atomic mass is 10.3. The largest absolute Gasteiger partial charge is 0.320 e. The summed E-state index contributed by atoms with van der Waals surface area (Å²) in [7, 11) is -1.58. The van der Waals surface area contributed by atoms with Crippen molar-refractivity contribution >= 4 is 55.5 Å². The highest BCUT2D eigenvalue weighted by atomic mass is 35.5. The van der Waals surface area contributed by atoms with Crippen molar-refractivity contribution in [2.75, 3.05) is 20.1 Å². The van der Waals surface area contributed by atoms with Gasteiger partial charge in [-0.15, -0.1) is 23.7 Å². The van der Waals surface area contributed by atoms with E-state index in [1.54, 1.807) is 18.2 Å². The van der Waals surface area contributed by atoms with E-state index in [1.807, 2.05) is 13.1 Å². The molecule has 112 valence electrons. The first-order valence-electron chi connectivity index (χ1n) is 5.86. The minimum atomic E-state index is -3.42. The Hall–Kier alpha value is -0.370. The van der Waals surface area contributed by atoms with Gasteiger partial charge in [-0.2, -0.15) is 0 Å².